The zero-order valence-electron chi connectivity index (χ0n) is 11.0. The quantitative estimate of drug-likeness (QED) is 0.667. The van der Waals surface area contributed by atoms with Crippen LogP contribution in [0.4, 0.5) is 5.82 Å². The van der Waals surface area contributed by atoms with Gasteiger partial charge in [0.05, 0.1) is 5.39 Å². The first-order valence-corrected chi connectivity index (χ1v) is 7.44. The van der Waals surface area contributed by atoms with E-state index in [1.54, 1.807) is 18.4 Å². The largest absolute Gasteiger partial charge is 0.370 e. The molecule has 102 valence electrons. The monoisotopic (exact) mass is 278 g/mol. The van der Waals surface area contributed by atoms with Crippen LogP contribution in [-0.4, -0.2) is 17.1 Å². The number of nitrogens with zero attached hydrogens (tertiary/aromatic N) is 2. The Kier molecular flexibility index (Phi) is 3.38. The van der Waals surface area contributed by atoms with E-state index in [1.807, 2.05) is 11.4 Å². The zero-order valence-corrected chi connectivity index (χ0v) is 11.8. The van der Waals surface area contributed by atoms with Crippen molar-refractivity contribution in [2.24, 2.45) is 5.84 Å². The molecule has 0 aliphatic heterocycles. The lowest BCUT2D eigenvalue weighted by Crippen LogP contribution is -2.33. The number of aromatic nitrogens is 2. The molecule has 0 atom stereocenters. The fourth-order valence-corrected chi connectivity index (χ4v) is 3.57. The van der Waals surface area contributed by atoms with E-state index in [1.165, 1.54) is 6.42 Å². The topological polar surface area (TPSA) is 73.1 Å². The number of fused-ring (bicyclic) bond motifs is 1. The summed E-state index contributed by atoms with van der Waals surface area (Å²) >= 11 is 1.60. The van der Waals surface area contributed by atoms with Crippen LogP contribution in [0.1, 0.15) is 37.9 Å². The van der Waals surface area contributed by atoms with Gasteiger partial charge in [0.2, 0.25) is 0 Å². The van der Waals surface area contributed by atoms with E-state index in [4.69, 9.17) is 15.6 Å². The molecule has 0 spiro atoms. The third-order valence-electron chi connectivity index (χ3n) is 3.92. The number of thiophene rings is 1. The minimum atomic E-state index is -0.345. The van der Waals surface area contributed by atoms with Crippen molar-refractivity contribution in [2.45, 2.75) is 37.7 Å². The van der Waals surface area contributed by atoms with Gasteiger partial charge in [0, 0.05) is 7.11 Å². The Morgan fingerprint density at radius 3 is 2.79 bits per heavy atom. The van der Waals surface area contributed by atoms with Crippen molar-refractivity contribution in [3.05, 3.63) is 17.3 Å². The minimum Gasteiger partial charge on any atom is -0.370 e. The second-order valence-electron chi connectivity index (χ2n) is 4.94. The average Bonchev–Trinajstić information content (AvgIpc) is 2.95. The second kappa shape index (κ2) is 5.03. The maximum atomic E-state index is 5.80. The van der Waals surface area contributed by atoms with Crippen molar-refractivity contribution in [2.75, 3.05) is 12.5 Å². The Bertz CT molecular complexity index is 577. The molecule has 3 rings (SSSR count). The van der Waals surface area contributed by atoms with Gasteiger partial charge < -0.3 is 10.2 Å². The van der Waals surface area contributed by atoms with Crippen LogP contribution in [0.15, 0.2) is 11.4 Å². The molecule has 1 saturated carbocycles. The van der Waals surface area contributed by atoms with Crippen molar-refractivity contribution < 1.29 is 4.74 Å². The number of rotatable bonds is 3. The molecule has 6 heteroatoms. The number of hydrogen-bond acceptors (Lipinski definition) is 6. The molecule has 0 amide bonds. The summed E-state index contributed by atoms with van der Waals surface area (Å²) < 4.78 is 5.80. The Hall–Kier alpha value is -1.24. The molecule has 0 saturated heterocycles. The number of anilines is 1. The number of nitrogens with one attached hydrogen (secondary N) is 1. The first-order valence-electron chi connectivity index (χ1n) is 6.56. The van der Waals surface area contributed by atoms with E-state index in [0.29, 0.717) is 5.82 Å². The maximum Gasteiger partial charge on any atom is 0.164 e. The molecule has 1 fully saturated rings. The van der Waals surface area contributed by atoms with Crippen LogP contribution in [-0.2, 0) is 10.3 Å². The average molecular weight is 278 g/mol. The molecular weight excluding hydrogens is 260 g/mol. The molecule has 0 radical (unpaired) electrons. The molecular formula is C13H18N4OS. The van der Waals surface area contributed by atoms with E-state index in [-0.39, 0.29) is 5.60 Å². The van der Waals surface area contributed by atoms with Gasteiger partial charge in [0.15, 0.2) is 11.6 Å². The molecule has 0 aromatic carbocycles. The Morgan fingerprint density at radius 1 is 1.32 bits per heavy atom. The molecule has 0 unspecified atom stereocenters. The third kappa shape index (κ3) is 2.09. The van der Waals surface area contributed by atoms with Gasteiger partial charge in [-0.3, -0.25) is 0 Å². The van der Waals surface area contributed by atoms with Crippen molar-refractivity contribution >= 4 is 27.4 Å². The summed E-state index contributed by atoms with van der Waals surface area (Å²) in [7, 11) is 1.75. The molecule has 1 aliphatic rings. The summed E-state index contributed by atoms with van der Waals surface area (Å²) in [5.74, 6) is 7.03. The van der Waals surface area contributed by atoms with Crippen molar-refractivity contribution in [3.63, 3.8) is 0 Å². The van der Waals surface area contributed by atoms with Gasteiger partial charge in [-0.15, -0.1) is 11.3 Å². The van der Waals surface area contributed by atoms with Gasteiger partial charge in [0.1, 0.15) is 10.4 Å². The number of methoxy groups -OCH3 is 1. The van der Waals surface area contributed by atoms with E-state index in [9.17, 15) is 0 Å². The normalized spacial score (nSPS) is 18.6. The van der Waals surface area contributed by atoms with Crippen molar-refractivity contribution in [1.82, 2.24) is 9.97 Å². The van der Waals surface area contributed by atoms with Crippen LogP contribution < -0.4 is 11.3 Å². The maximum absolute atomic E-state index is 5.80. The van der Waals surface area contributed by atoms with Crippen LogP contribution in [0.25, 0.3) is 10.2 Å². The fraction of sp³-hybridized carbons (Fsp3) is 0.538. The smallest absolute Gasteiger partial charge is 0.164 e. The number of hydrogen-bond donors (Lipinski definition) is 2. The SMILES string of the molecule is COC1(c2nc(NN)c3ccsc3n2)CCCCC1. The summed E-state index contributed by atoms with van der Waals surface area (Å²) in [4.78, 5) is 10.2. The van der Waals surface area contributed by atoms with Crippen LogP contribution in [0.3, 0.4) is 0 Å². The van der Waals surface area contributed by atoms with Gasteiger partial charge >= 0.3 is 0 Å². The van der Waals surface area contributed by atoms with E-state index >= 15 is 0 Å². The first-order chi connectivity index (χ1) is 9.29. The zero-order chi connectivity index (χ0) is 13.3. The van der Waals surface area contributed by atoms with Gasteiger partial charge in [0.25, 0.3) is 0 Å². The molecule has 1 aliphatic carbocycles. The predicted octanol–water partition coefficient (Wildman–Crippen LogP) is 2.78. The van der Waals surface area contributed by atoms with E-state index < -0.39 is 0 Å². The molecule has 3 N–H and O–H groups in total. The lowest BCUT2D eigenvalue weighted by Gasteiger charge is -2.34. The highest BCUT2D eigenvalue weighted by molar-refractivity contribution is 7.16. The summed E-state index contributed by atoms with van der Waals surface area (Å²) in [5.41, 5.74) is 2.33. The number of nitrogens with two attached hydrogens (primary N) is 1. The standard InChI is InChI=1S/C13H18N4OS/c1-18-13(6-3-2-4-7-13)12-15-10(17-14)9-5-8-19-11(9)16-12/h5,8H,2-4,6-7,14H2,1H3,(H,15,16,17). The van der Waals surface area contributed by atoms with E-state index in [0.717, 1.165) is 41.7 Å². The minimum absolute atomic E-state index is 0.345. The van der Waals surface area contributed by atoms with Crippen LogP contribution in [0.2, 0.25) is 0 Å². The Balaban J connectivity index is 2.12. The summed E-state index contributed by atoms with van der Waals surface area (Å²) in [6, 6.07) is 1.99. The Morgan fingerprint density at radius 2 is 2.11 bits per heavy atom. The highest BCUT2D eigenvalue weighted by Gasteiger charge is 2.37. The van der Waals surface area contributed by atoms with Gasteiger partial charge in [-0.25, -0.2) is 15.8 Å². The number of ether oxygens (including phenoxy) is 1. The summed E-state index contributed by atoms with van der Waals surface area (Å²) in [5, 5.41) is 2.97. The van der Waals surface area contributed by atoms with Crippen LogP contribution in [0.5, 0.6) is 0 Å². The molecule has 19 heavy (non-hydrogen) atoms. The van der Waals surface area contributed by atoms with Gasteiger partial charge in [-0.2, -0.15) is 0 Å². The van der Waals surface area contributed by atoms with Crippen molar-refractivity contribution in [3.8, 4) is 0 Å². The third-order valence-corrected chi connectivity index (χ3v) is 4.73. The summed E-state index contributed by atoms with van der Waals surface area (Å²) in [6.45, 7) is 0. The number of hydrazine groups is 1. The molecule has 2 aromatic heterocycles. The van der Waals surface area contributed by atoms with Crippen LogP contribution >= 0.6 is 11.3 Å². The van der Waals surface area contributed by atoms with E-state index in [2.05, 4.69) is 10.4 Å². The lowest BCUT2D eigenvalue weighted by atomic mass is 9.84. The molecule has 0 bridgehead atoms. The fourth-order valence-electron chi connectivity index (χ4n) is 2.81. The first kappa shape index (κ1) is 12.8. The molecule has 5 nitrogen and oxygen atoms in total. The van der Waals surface area contributed by atoms with Gasteiger partial charge in [-0.1, -0.05) is 19.3 Å². The highest BCUT2D eigenvalue weighted by atomic mass is 32.1. The van der Waals surface area contributed by atoms with Gasteiger partial charge in [-0.05, 0) is 24.3 Å². The predicted molar refractivity (Wildman–Crippen MR) is 77.0 cm³/mol. The van der Waals surface area contributed by atoms with Crippen molar-refractivity contribution in [1.29, 1.82) is 0 Å². The molecule has 2 heterocycles. The lowest BCUT2D eigenvalue weighted by molar-refractivity contribution is -0.0511. The Labute approximate surface area is 116 Å². The molecule has 2 aromatic rings. The number of nitrogen functional groups attached to an aromatic ring is 1. The van der Waals surface area contributed by atoms with Crippen LogP contribution in [0, 0.1) is 0 Å². The second-order valence-corrected chi connectivity index (χ2v) is 5.83. The summed E-state index contributed by atoms with van der Waals surface area (Å²) in [6.07, 6.45) is 5.53. The highest BCUT2D eigenvalue weighted by Crippen LogP contribution is 2.40.